The Labute approximate surface area is 121 Å². The molecule has 1 heterocycles. The van der Waals surface area contributed by atoms with Crippen LogP contribution >= 0.6 is 0 Å². The zero-order valence-corrected chi connectivity index (χ0v) is 11.1. The van der Waals surface area contributed by atoms with Crippen LogP contribution in [0, 0.1) is 10.1 Å². The summed E-state index contributed by atoms with van der Waals surface area (Å²) in [5, 5.41) is 11.7. The molecule has 1 aromatic heterocycles. The minimum absolute atomic E-state index is 0.00339. The van der Waals surface area contributed by atoms with Gasteiger partial charge in [0.1, 0.15) is 6.61 Å². The molecular formula is C16H12N2O3. The molecule has 0 aliphatic carbocycles. The molecule has 0 spiro atoms. The molecule has 0 unspecified atom stereocenters. The smallest absolute Gasteiger partial charge is 0.284 e. The van der Waals surface area contributed by atoms with Crippen LogP contribution in [0.1, 0.15) is 5.56 Å². The fourth-order valence-electron chi connectivity index (χ4n) is 2.09. The van der Waals surface area contributed by atoms with Crippen molar-refractivity contribution in [1.82, 2.24) is 4.98 Å². The van der Waals surface area contributed by atoms with E-state index in [-0.39, 0.29) is 11.6 Å². The maximum absolute atomic E-state index is 11.2. The number of ether oxygens (including phenoxy) is 1. The topological polar surface area (TPSA) is 65.3 Å². The lowest BCUT2D eigenvalue weighted by atomic mass is 10.2. The molecule has 0 aliphatic rings. The Bertz CT molecular complexity index is 788. The van der Waals surface area contributed by atoms with Gasteiger partial charge in [0.15, 0.2) is 0 Å². The quantitative estimate of drug-likeness (QED) is 0.539. The van der Waals surface area contributed by atoms with Crippen molar-refractivity contribution in [2.75, 3.05) is 0 Å². The van der Waals surface area contributed by atoms with E-state index >= 15 is 0 Å². The summed E-state index contributed by atoms with van der Waals surface area (Å²) in [5.41, 5.74) is 1.54. The van der Waals surface area contributed by atoms with E-state index in [4.69, 9.17) is 4.74 Å². The first kappa shape index (κ1) is 13.1. The van der Waals surface area contributed by atoms with Crippen molar-refractivity contribution < 1.29 is 9.66 Å². The Morgan fingerprint density at radius 3 is 2.52 bits per heavy atom. The Kier molecular flexibility index (Phi) is 3.47. The van der Waals surface area contributed by atoms with E-state index in [1.165, 1.54) is 6.07 Å². The zero-order chi connectivity index (χ0) is 14.7. The number of nitrogens with zero attached hydrogens (tertiary/aromatic N) is 2. The molecule has 0 saturated carbocycles. The van der Waals surface area contributed by atoms with Crippen molar-refractivity contribution in [3.63, 3.8) is 0 Å². The standard InChI is InChI=1S/C16H12N2O3/c19-18(20)15-10-16(17-14-9-5-4-8-13(14)15)21-11-12-6-2-1-3-7-12/h1-10H,11H2. The van der Waals surface area contributed by atoms with Gasteiger partial charge in [-0.2, -0.15) is 0 Å². The van der Waals surface area contributed by atoms with Gasteiger partial charge >= 0.3 is 0 Å². The summed E-state index contributed by atoms with van der Waals surface area (Å²) in [5.74, 6) is 0.254. The molecule has 5 nitrogen and oxygen atoms in total. The van der Waals surface area contributed by atoms with Crippen LogP contribution in [0.3, 0.4) is 0 Å². The molecule has 0 atom stereocenters. The molecule has 0 N–H and O–H groups in total. The summed E-state index contributed by atoms with van der Waals surface area (Å²) in [4.78, 5) is 15.1. The van der Waals surface area contributed by atoms with Crippen LogP contribution in [-0.4, -0.2) is 9.91 Å². The first-order valence-electron chi connectivity index (χ1n) is 6.45. The number of hydrogen-bond donors (Lipinski definition) is 0. The van der Waals surface area contributed by atoms with Crippen molar-refractivity contribution in [3.8, 4) is 5.88 Å². The van der Waals surface area contributed by atoms with Crippen molar-refractivity contribution >= 4 is 16.6 Å². The Morgan fingerprint density at radius 1 is 1.05 bits per heavy atom. The SMILES string of the molecule is O=[N+]([O-])c1cc(OCc2ccccc2)nc2ccccc12. The van der Waals surface area contributed by atoms with Crippen molar-refractivity contribution in [3.05, 3.63) is 76.3 Å². The Balaban J connectivity index is 1.94. The number of nitro groups is 1. The molecule has 0 fully saturated rings. The summed E-state index contributed by atoms with van der Waals surface area (Å²) in [6.45, 7) is 0.323. The van der Waals surface area contributed by atoms with Crippen molar-refractivity contribution in [2.45, 2.75) is 6.61 Å². The summed E-state index contributed by atoms with van der Waals surface area (Å²) >= 11 is 0. The lowest BCUT2D eigenvalue weighted by Crippen LogP contribution is -1.99. The molecule has 0 bridgehead atoms. The fraction of sp³-hybridized carbons (Fsp3) is 0.0625. The maximum atomic E-state index is 11.2. The minimum Gasteiger partial charge on any atom is -0.473 e. The highest BCUT2D eigenvalue weighted by atomic mass is 16.6. The summed E-state index contributed by atoms with van der Waals surface area (Å²) in [7, 11) is 0. The number of hydrogen-bond acceptors (Lipinski definition) is 4. The molecule has 0 saturated heterocycles. The van der Waals surface area contributed by atoms with Crippen LogP contribution in [0.15, 0.2) is 60.7 Å². The van der Waals surface area contributed by atoms with E-state index < -0.39 is 4.92 Å². The van der Waals surface area contributed by atoms with Gasteiger partial charge in [-0.15, -0.1) is 0 Å². The van der Waals surface area contributed by atoms with Gasteiger partial charge < -0.3 is 4.74 Å². The number of pyridine rings is 1. The number of aromatic nitrogens is 1. The third-order valence-electron chi connectivity index (χ3n) is 3.10. The average Bonchev–Trinajstić information content (AvgIpc) is 2.53. The number of benzene rings is 2. The molecule has 3 rings (SSSR count). The molecule has 3 aromatic rings. The molecule has 0 amide bonds. The summed E-state index contributed by atoms with van der Waals surface area (Å²) < 4.78 is 5.58. The molecule has 21 heavy (non-hydrogen) atoms. The zero-order valence-electron chi connectivity index (χ0n) is 11.1. The van der Waals surface area contributed by atoms with Crippen molar-refractivity contribution in [1.29, 1.82) is 0 Å². The number of rotatable bonds is 4. The van der Waals surface area contributed by atoms with Gasteiger partial charge in [0.05, 0.1) is 21.9 Å². The predicted octanol–water partition coefficient (Wildman–Crippen LogP) is 3.72. The van der Waals surface area contributed by atoms with Gasteiger partial charge in [-0.1, -0.05) is 42.5 Å². The normalized spacial score (nSPS) is 10.5. The van der Waals surface area contributed by atoms with Crippen LogP contribution in [0.5, 0.6) is 5.88 Å². The van der Waals surface area contributed by atoms with Gasteiger partial charge in [-0.3, -0.25) is 10.1 Å². The second-order valence-corrected chi connectivity index (χ2v) is 4.53. The van der Waals surface area contributed by atoms with E-state index in [0.717, 1.165) is 5.56 Å². The monoisotopic (exact) mass is 280 g/mol. The average molecular weight is 280 g/mol. The minimum atomic E-state index is -0.417. The van der Waals surface area contributed by atoms with E-state index in [2.05, 4.69) is 4.98 Å². The van der Waals surface area contributed by atoms with E-state index in [1.54, 1.807) is 24.3 Å². The fourth-order valence-corrected chi connectivity index (χ4v) is 2.09. The molecule has 2 aromatic carbocycles. The van der Waals surface area contributed by atoms with E-state index in [0.29, 0.717) is 17.5 Å². The third-order valence-corrected chi connectivity index (χ3v) is 3.10. The number of fused-ring (bicyclic) bond motifs is 1. The van der Waals surface area contributed by atoms with Crippen LogP contribution in [0.2, 0.25) is 0 Å². The van der Waals surface area contributed by atoms with Crippen molar-refractivity contribution in [2.24, 2.45) is 0 Å². The molecule has 0 radical (unpaired) electrons. The first-order chi connectivity index (χ1) is 10.2. The van der Waals surface area contributed by atoms with E-state index in [9.17, 15) is 10.1 Å². The van der Waals surface area contributed by atoms with E-state index in [1.807, 2.05) is 30.3 Å². The third kappa shape index (κ3) is 2.81. The Hall–Kier alpha value is -2.95. The van der Waals surface area contributed by atoms with Crippen LogP contribution in [-0.2, 0) is 6.61 Å². The molecule has 5 heteroatoms. The highest BCUT2D eigenvalue weighted by Crippen LogP contribution is 2.28. The Morgan fingerprint density at radius 2 is 1.76 bits per heavy atom. The van der Waals surface area contributed by atoms with Gasteiger partial charge in [-0.05, 0) is 17.7 Å². The lowest BCUT2D eigenvalue weighted by molar-refractivity contribution is -0.383. The predicted molar refractivity (Wildman–Crippen MR) is 79.2 cm³/mol. The summed E-state index contributed by atoms with van der Waals surface area (Å²) in [6.07, 6.45) is 0. The van der Waals surface area contributed by atoms with Gasteiger partial charge in [0.25, 0.3) is 5.69 Å². The molecule has 0 aliphatic heterocycles. The van der Waals surface area contributed by atoms with Gasteiger partial charge in [0, 0.05) is 0 Å². The highest BCUT2D eigenvalue weighted by Gasteiger charge is 2.15. The molecule has 104 valence electrons. The summed E-state index contributed by atoms with van der Waals surface area (Å²) in [6, 6.07) is 17.9. The second kappa shape index (κ2) is 5.58. The number of para-hydroxylation sites is 1. The highest BCUT2D eigenvalue weighted by molar-refractivity contribution is 5.88. The van der Waals surface area contributed by atoms with Crippen LogP contribution < -0.4 is 4.74 Å². The van der Waals surface area contributed by atoms with Gasteiger partial charge in [0.2, 0.25) is 5.88 Å². The first-order valence-corrected chi connectivity index (χ1v) is 6.45. The lowest BCUT2D eigenvalue weighted by Gasteiger charge is -2.07. The maximum Gasteiger partial charge on any atom is 0.284 e. The largest absolute Gasteiger partial charge is 0.473 e. The second-order valence-electron chi connectivity index (χ2n) is 4.53. The van der Waals surface area contributed by atoms with Gasteiger partial charge in [-0.25, -0.2) is 4.98 Å². The molecular weight excluding hydrogens is 268 g/mol. The van der Waals surface area contributed by atoms with Crippen LogP contribution in [0.25, 0.3) is 10.9 Å². The van der Waals surface area contributed by atoms with Crippen LogP contribution in [0.4, 0.5) is 5.69 Å².